The van der Waals surface area contributed by atoms with E-state index in [0.717, 1.165) is 17.7 Å². The van der Waals surface area contributed by atoms with E-state index < -0.39 is 15.9 Å². The number of hydrogen-bond acceptors (Lipinski definition) is 6. The Morgan fingerprint density at radius 2 is 1.54 bits per heavy atom. The molecular formula is C30H26ClN3O6S. The van der Waals surface area contributed by atoms with E-state index in [-0.39, 0.29) is 17.4 Å². The Morgan fingerprint density at radius 1 is 0.878 bits per heavy atom. The lowest BCUT2D eigenvalue weighted by molar-refractivity contribution is -0.118. The Bertz CT molecular complexity index is 1680. The van der Waals surface area contributed by atoms with E-state index >= 15 is 0 Å². The van der Waals surface area contributed by atoms with Crippen molar-refractivity contribution in [3.05, 3.63) is 107 Å². The van der Waals surface area contributed by atoms with Crippen LogP contribution in [0, 0.1) is 0 Å². The van der Waals surface area contributed by atoms with Crippen molar-refractivity contribution < 1.29 is 27.5 Å². The fourth-order valence-electron chi connectivity index (χ4n) is 4.35. The van der Waals surface area contributed by atoms with Gasteiger partial charge >= 0.3 is 0 Å². The van der Waals surface area contributed by atoms with Gasteiger partial charge in [-0.15, -0.1) is 0 Å². The van der Waals surface area contributed by atoms with Crippen LogP contribution in [0.4, 0.5) is 17.1 Å². The van der Waals surface area contributed by atoms with Gasteiger partial charge in [0.2, 0.25) is 0 Å². The number of rotatable bonds is 9. The summed E-state index contributed by atoms with van der Waals surface area (Å²) in [6.45, 7) is 0.252. The van der Waals surface area contributed by atoms with Crippen LogP contribution >= 0.6 is 11.6 Å². The van der Waals surface area contributed by atoms with Gasteiger partial charge in [-0.2, -0.15) is 0 Å². The predicted molar refractivity (Wildman–Crippen MR) is 158 cm³/mol. The van der Waals surface area contributed by atoms with Crippen molar-refractivity contribution in [1.29, 1.82) is 0 Å². The van der Waals surface area contributed by atoms with Crippen LogP contribution in [0.1, 0.15) is 15.9 Å². The molecule has 1 aliphatic heterocycles. The third-order valence-electron chi connectivity index (χ3n) is 6.45. The normalized spacial score (nSPS) is 12.4. The quantitative estimate of drug-likeness (QED) is 0.270. The zero-order valence-electron chi connectivity index (χ0n) is 22.0. The molecule has 11 heteroatoms. The Kier molecular flexibility index (Phi) is 8.14. The SMILES string of the molecule is COc1ccc(C(=O)N2CCc3ccc(NC(=O)COc4ccc(S(=O)(=O)Nc5ccc(Cl)cc5)cc4)cc32)cc1. The molecule has 1 aliphatic rings. The molecule has 0 saturated carbocycles. The number of carbonyl (C=O) groups excluding carboxylic acids is 2. The van der Waals surface area contributed by atoms with Gasteiger partial charge in [0.25, 0.3) is 21.8 Å². The number of nitrogens with zero attached hydrogens (tertiary/aromatic N) is 1. The molecule has 0 spiro atoms. The van der Waals surface area contributed by atoms with E-state index in [1.165, 1.54) is 24.3 Å². The van der Waals surface area contributed by atoms with Gasteiger partial charge in [-0.1, -0.05) is 17.7 Å². The summed E-state index contributed by atoms with van der Waals surface area (Å²) >= 11 is 5.85. The van der Waals surface area contributed by atoms with E-state index in [1.54, 1.807) is 72.7 Å². The molecule has 0 aliphatic carbocycles. The Balaban J connectivity index is 1.18. The molecule has 2 N–H and O–H groups in total. The van der Waals surface area contributed by atoms with Gasteiger partial charge in [-0.3, -0.25) is 14.3 Å². The summed E-state index contributed by atoms with van der Waals surface area (Å²) in [5, 5.41) is 3.29. The Labute approximate surface area is 242 Å². The summed E-state index contributed by atoms with van der Waals surface area (Å²) < 4.78 is 38.5. The molecule has 9 nitrogen and oxygen atoms in total. The summed E-state index contributed by atoms with van der Waals surface area (Å²) in [4.78, 5) is 27.4. The van der Waals surface area contributed by atoms with Crippen LogP contribution < -0.4 is 24.4 Å². The summed E-state index contributed by atoms with van der Waals surface area (Å²) in [5.74, 6) is 0.461. The summed E-state index contributed by atoms with van der Waals surface area (Å²) in [6, 6.07) is 24.4. The summed E-state index contributed by atoms with van der Waals surface area (Å²) in [6.07, 6.45) is 0.718. The fourth-order valence-corrected chi connectivity index (χ4v) is 5.53. The molecule has 4 aromatic rings. The molecule has 0 aromatic heterocycles. The molecule has 0 saturated heterocycles. The third-order valence-corrected chi connectivity index (χ3v) is 8.10. The van der Waals surface area contributed by atoms with E-state index in [1.807, 2.05) is 6.07 Å². The topological polar surface area (TPSA) is 114 Å². The van der Waals surface area contributed by atoms with Gasteiger partial charge in [0.05, 0.1) is 12.0 Å². The van der Waals surface area contributed by atoms with Gasteiger partial charge in [-0.25, -0.2) is 8.42 Å². The molecule has 210 valence electrons. The average Bonchev–Trinajstić information content (AvgIpc) is 3.40. The number of ether oxygens (including phenoxy) is 2. The smallest absolute Gasteiger partial charge is 0.262 e. The third kappa shape index (κ3) is 6.62. The maximum absolute atomic E-state index is 13.1. The van der Waals surface area contributed by atoms with Gasteiger partial charge in [0, 0.05) is 34.2 Å². The van der Waals surface area contributed by atoms with E-state index in [4.69, 9.17) is 21.1 Å². The standard InChI is InChI=1S/C30H26ClN3O6S/c1-39-25-10-3-21(4-11-25)30(36)34-17-16-20-2-7-24(18-28(20)34)32-29(35)19-40-26-12-14-27(15-13-26)41(37,38)33-23-8-5-22(31)6-9-23/h2-15,18,33H,16-17,19H2,1H3,(H,32,35). The van der Waals surface area contributed by atoms with Crippen molar-refractivity contribution in [2.24, 2.45) is 0 Å². The van der Waals surface area contributed by atoms with Crippen LogP contribution in [-0.2, 0) is 21.2 Å². The van der Waals surface area contributed by atoms with E-state index in [9.17, 15) is 18.0 Å². The maximum Gasteiger partial charge on any atom is 0.262 e. The maximum atomic E-state index is 13.1. The van der Waals surface area contributed by atoms with Gasteiger partial charge < -0.3 is 19.7 Å². The highest BCUT2D eigenvalue weighted by Gasteiger charge is 2.26. The number of hydrogen-bond donors (Lipinski definition) is 2. The second-order valence-corrected chi connectivity index (χ2v) is 11.3. The first-order valence-corrected chi connectivity index (χ1v) is 14.5. The minimum Gasteiger partial charge on any atom is -0.497 e. The number of benzene rings is 4. The minimum atomic E-state index is -3.81. The van der Waals surface area contributed by atoms with Crippen LogP contribution in [-0.4, -0.2) is 40.5 Å². The number of halogens is 1. The highest BCUT2D eigenvalue weighted by molar-refractivity contribution is 7.92. The van der Waals surface area contributed by atoms with Crippen molar-refractivity contribution in [2.45, 2.75) is 11.3 Å². The lowest BCUT2D eigenvalue weighted by atomic mass is 10.1. The molecule has 1 heterocycles. The molecule has 0 atom stereocenters. The number of sulfonamides is 1. The van der Waals surface area contributed by atoms with Crippen molar-refractivity contribution in [3.63, 3.8) is 0 Å². The van der Waals surface area contributed by atoms with Crippen LogP contribution in [0.5, 0.6) is 11.5 Å². The lowest BCUT2D eigenvalue weighted by Gasteiger charge is -2.18. The number of methoxy groups -OCH3 is 1. The average molecular weight is 592 g/mol. The highest BCUT2D eigenvalue weighted by atomic mass is 35.5. The number of anilines is 3. The zero-order chi connectivity index (χ0) is 29.0. The molecule has 41 heavy (non-hydrogen) atoms. The molecular weight excluding hydrogens is 566 g/mol. The fraction of sp³-hybridized carbons (Fsp3) is 0.133. The molecule has 5 rings (SSSR count). The number of carbonyl (C=O) groups is 2. The lowest BCUT2D eigenvalue weighted by Crippen LogP contribution is -2.29. The summed E-state index contributed by atoms with van der Waals surface area (Å²) in [5.41, 5.74) is 3.21. The van der Waals surface area contributed by atoms with Crippen molar-refractivity contribution >= 4 is 50.5 Å². The Hall–Kier alpha value is -4.54. The molecule has 0 unspecified atom stereocenters. The Morgan fingerprint density at radius 3 is 2.22 bits per heavy atom. The first kappa shape index (κ1) is 28.0. The predicted octanol–water partition coefficient (Wildman–Crippen LogP) is 5.37. The first-order valence-electron chi connectivity index (χ1n) is 12.6. The first-order chi connectivity index (χ1) is 19.7. The van der Waals surface area contributed by atoms with Crippen LogP contribution in [0.15, 0.2) is 95.9 Å². The van der Waals surface area contributed by atoms with Crippen molar-refractivity contribution in [1.82, 2.24) is 0 Å². The summed E-state index contributed by atoms with van der Waals surface area (Å²) in [7, 11) is -2.24. The number of fused-ring (bicyclic) bond motifs is 1. The molecule has 0 bridgehead atoms. The van der Waals surface area contributed by atoms with Gasteiger partial charge in [-0.05, 0) is 96.9 Å². The van der Waals surface area contributed by atoms with E-state index in [2.05, 4.69) is 10.0 Å². The van der Waals surface area contributed by atoms with Gasteiger partial charge in [0.1, 0.15) is 11.5 Å². The molecule has 0 fully saturated rings. The van der Waals surface area contributed by atoms with Crippen molar-refractivity contribution in [2.75, 3.05) is 35.2 Å². The zero-order valence-corrected chi connectivity index (χ0v) is 23.5. The highest BCUT2D eigenvalue weighted by Crippen LogP contribution is 2.32. The molecule has 0 radical (unpaired) electrons. The second kappa shape index (κ2) is 11.9. The van der Waals surface area contributed by atoms with E-state index in [0.29, 0.717) is 40.0 Å². The number of nitrogens with one attached hydrogen (secondary N) is 2. The number of amides is 2. The monoisotopic (exact) mass is 591 g/mol. The van der Waals surface area contributed by atoms with Crippen LogP contribution in [0.25, 0.3) is 0 Å². The molecule has 2 amide bonds. The van der Waals surface area contributed by atoms with Crippen LogP contribution in [0.3, 0.4) is 0 Å². The second-order valence-electron chi connectivity index (χ2n) is 9.20. The minimum absolute atomic E-state index is 0.0381. The van der Waals surface area contributed by atoms with Crippen molar-refractivity contribution in [3.8, 4) is 11.5 Å². The van der Waals surface area contributed by atoms with Crippen LogP contribution in [0.2, 0.25) is 5.02 Å². The van der Waals surface area contributed by atoms with Gasteiger partial charge in [0.15, 0.2) is 6.61 Å². The molecule has 4 aromatic carbocycles. The largest absolute Gasteiger partial charge is 0.497 e.